The van der Waals surface area contributed by atoms with E-state index in [9.17, 15) is 4.79 Å². The Morgan fingerprint density at radius 3 is 2.95 bits per heavy atom. The summed E-state index contributed by atoms with van der Waals surface area (Å²) in [7, 11) is 0. The average molecular weight is 286 g/mol. The number of anilines is 1. The Bertz CT molecular complexity index is 596. The van der Waals surface area contributed by atoms with Crippen molar-refractivity contribution in [2.24, 2.45) is 10.7 Å². The SMILES string of the molecule is CC1(CN=C(N)Nc2ccc3c(c2)CCC3)CCC(=O)N1. The first-order valence-corrected chi connectivity index (χ1v) is 7.54. The molecule has 112 valence electrons. The van der Waals surface area contributed by atoms with E-state index in [0.717, 1.165) is 18.5 Å². The van der Waals surface area contributed by atoms with Gasteiger partial charge in [-0.15, -0.1) is 0 Å². The molecule has 0 radical (unpaired) electrons. The third kappa shape index (κ3) is 3.17. The predicted molar refractivity (Wildman–Crippen MR) is 84.4 cm³/mol. The molecule has 5 heteroatoms. The number of carbonyl (C=O) groups excluding carboxylic acids is 1. The highest BCUT2D eigenvalue weighted by molar-refractivity contribution is 5.92. The van der Waals surface area contributed by atoms with Crippen LogP contribution in [-0.4, -0.2) is 24.0 Å². The smallest absolute Gasteiger partial charge is 0.220 e. The third-order valence-electron chi connectivity index (χ3n) is 4.31. The van der Waals surface area contributed by atoms with Crippen molar-refractivity contribution in [2.45, 2.75) is 44.6 Å². The molecule has 0 spiro atoms. The quantitative estimate of drug-likeness (QED) is 0.583. The van der Waals surface area contributed by atoms with Crippen LogP contribution in [0.1, 0.15) is 37.3 Å². The van der Waals surface area contributed by atoms with E-state index in [1.807, 2.05) is 13.0 Å². The normalized spacial score (nSPS) is 24.8. The number of nitrogens with zero attached hydrogens (tertiary/aromatic N) is 1. The van der Waals surface area contributed by atoms with Crippen molar-refractivity contribution in [2.75, 3.05) is 11.9 Å². The van der Waals surface area contributed by atoms with Gasteiger partial charge in [0, 0.05) is 12.1 Å². The molecule has 1 amide bonds. The summed E-state index contributed by atoms with van der Waals surface area (Å²) in [6.45, 7) is 2.51. The van der Waals surface area contributed by atoms with Gasteiger partial charge in [0.05, 0.1) is 12.1 Å². The van der Waals surface area contributed by atoms with E-state index in [1.165, 1.54) is 24.0 Å². The second kappa shape index (κ2) is 5.39. The van der Waals surface area contributed by atoms with Gasteiger partial charge in [-0.3, -0.25) is 9.79 Å². The minimum Gasteiger partial charge on any atom is -0.370 e. The fraction of sp³-hybridized carbons (Fsp3) is 0.500. The number of rotatable bonds is 3. The lowest BCUT2D eigenvalue weighted by atomic mass is 10.0. The number of hydrogen-bond donors (Lipinski definition) is 3. The number of guanidine groups is 1. The van der Waals surface area contributed by atoms with Gasteiger partial charge in [0.1, 0.15) is 0 Å². The number of carbonyl (C=O) groups is 1. The van der Waals surface area contributed by atoms with Crippen LogP contribution in [0.15, 0.2) is 23.2 Å². The molecule has 1 heterocycles. The summed E-state index contributed by atoms with van der Waals surface area (Å²) in [6, 6.07) is 6.37. The number of nitrogens with two attached hydrogens (primary N) is 1. The Balaban J connectivity index is 1.62. The van der Waals surface area contributed by atoms with E-state index < -0.39 is 0 Å². The van der Waals surface area contributed by atoms with Crippen LogP contribution in [0.3, 0.4) is 0 Å². The molecule has 4 N–H and O–H groups in total. The Morgan fingerprint density at radius 1 is 1.38 bits per heavy atom. The topological polar surface area (TPSA) is 79.5 Å². The summed E-state index contributed by atoms with van der Waals surface area (Å²) in [6.07, 6.45) is 4.94. The summed E-state index contributed by atoms with van der Waals surface area (Å²) < 4.78 is 0. The number of benzene rings is 1. The molecule has 0 bridgehead atoms. The molecule has 1 saturated heterocycles. The van der Waals surface area contributed by atoms with Gasteiger partial charge in [0.25, 0.3) is 0 Å². The summed E-state index contributed by atoms with van der Waals surface area (Å²) in [5, 5.41) is 6.09. The van der Waals surface area contributed by atoms with Crippen LogP contribution in [0, 0.1) is 0 Å². The van der Waals surface area contributed by atoms with Gasteiger partial charge < -0.3 is 16.4 Å². The largest absolute Gasteiger partial charge is 0.370 e. The molecular weight excluding hydrogens is 264 g/mol. The highest BCUT2D eigenvalue weighted by Crippen LogP contribution is 2.25. The molecule has 1 aliphatic heterocycles. The van der Waals surface area contributed by atoms with Crippen molar-refractivity contribution in [1.29, 1.82) is 0 Å². The molecule has 2 aliphatic rings. The lowest BCUT2D eigenvalue weighted by Gasteiger charge is -2.21. The fourth-order valence-electron chi connectivity index (χ4n) is 3.07. The van der Waals surface area contributed by atoms with E-state index in [4.69, 9.17) is 5.73 Å². The number of aliphatic imine (C=N–C) groups is 1. The molecule has 0 aromatic heterocycles. The zero-order valence-corrected chi connectivity index (χ0v) is 12.4. The van der Waals surface area contributed by atoms with Gasteiger partial charge in [-0.2, -0.15) is 0 Å². The molecular formula is C16H22N4O. The molecule has 1 fully saturated rings. The molecule has 21 heavy (non-hydrogen) atoms. The van der Waals surface area contributed by atoms with Gasteiger partial charge in [-0.1, -0.05) is 6.07 Å². The van der Waals surface area contributed by atoms with E-state index >= 15 is 0 Å². The summed E-state index contributed by atoms with van der Waals surface area (Å²) in [4.78, 5) is 15.7. The van der Waals surface area contributed by atoms with Gasteiger partial charge in [-0.25, -0.2) is 0 Å². The van der Waals surface area contributed by atoms with E-state index in [2.05, 4.69) is 27.8 Å². The van der Waals surface area contributed by atoms with Crippen LogP contribution < -0.4 is 16.4 Å². The number of amides is 1. The van der Waals surface area contributed by atoms with Crippen LogP contribution >= 0.6 is 0 Å². The highest BCUT2D eigenvalue weighted by atomic mass is 16.2. The van der Waals surface area contributed by atoms with Crippen LogP contribution in [0.2, 0.25) is 0 Å². The molecule has 0 saturated carbocycles. The molecule has 1 aliphatic carbocycles. The van der Waals surface area contributed by atoms with Crippen LogP contribution in [0.25, 0.3) is 0 Å². The zero-order valence-electron chi connectivity index (χ0n) is 12.4. The van der Waals surface area contributed by atoms with Crippen molar-refractivity contribution in [3.63, 3.8) is 0 Å². The van der Waals surface area contributed by atoms with E-state index in [0.29, 0.717) is 18.9 Å². The maximum atomic E-state index is 11.3. The number of nitrogens with one attached hydrogen (secondary N) is 2. The Hall–Kier alpha value is -2.04. The fourth-order valence-corrected chi connectivity index (χ4v) is 3.07. The molecule has 1 aromatic rings. The van der Waals surface area contributed by atoms with Gasteiger partial charge in [0.15, 0.2) is 5.96 Å². The first kappa shape index (κ1) is 13.9. The number of hydrogen-bond acceptors (Lipinski definition) is 2. The second-order valence-corrected chi connectivity index (χ2v) is 6.27. The van der Waals surface area contributed by atoms with Crippen LogP contribution in [0.4, 0.5) is 5.69 Å². The standard InChI is InChI=1S/C16H22N4O/c1-16(8-7-14(21)20-16)10-18-15(17)19-13-6-5-11-3-2-4-12(11)9-13/h5-6,9H,2-4,7-8,10H2,1H3,(H,20,21)(H3,17,18,19). The number of aryl methyl sites for hydroxylation is 2. The summed E-state index contributed by atoms with van der Waals surface area (Å²) in [5.74, 6) is 0.494. The van der Waals surface area contributed by atoms with Crippen molar-refractivity contribution in [3.05, 3.63) is 29.3 Å². The van der Waals surface area contributed by atoms with Crippen LogP contribution in [0.5, 0.6) is 0 Å². The highest BCUT2D eigenvalue weighted by Gasteiger charge is 2.32. The van der Waals surface area contributed by atoms with Crippen LogP contribution in [-0.2, 0) is 17.6 Å². The first-order chi connectivity index (χ1) is 10.0. The Morgan fingerprint density at radius 2 is 2.19 bits per heavy atom. The summed E-state index contributed by atoms with van der Waals surface area (Å²) >= 11 is 0. The van der Waals surface area contributed by atoms with Crippen molar-refractivity contribution in [3.8, 4) is 0 Å². The van der Waals surface area contributed by atoms with E-state index in [1.54, 1.807) is 0 Å². The predicted octanol–water partition coefficient (Wildman–Crippen LogP) is 1.57. The zero-order chi connectivity index (χ0) is 14.9. The maximum Gasteiger partial charge on any atom is 0.220 e. The monoisotopic (exact) mass is 286 g/mol. The lowest BCUT2D eigenvalue weighted by Crippen LogP contribution is -2.42. The minimum absolute atomic E-state index is 0.0952. The third-order valence-corrected chi connectivity index (χ3v) is 4.31. The van der Waals surface area contributed by atoms with Crippen molar-refractivity contribution < 1.29 is 4.79 Å². The van der Waals surface area contributed by atoms with E-state index in [-0.39, 0.29) is 11.4 Å². The van der Waals surface area contributed by atoms with Gasteiger partial charge >= 0.3 is 0 Å². The first-order valence-electron chi connectivity index (χ1n) is 7.54. The Labute approximate surface area is 125 Å². The van der Waals surface area contributed by atoms with Gasteiger partial charge in [-0.05, 0) is 55.9 Å². The minimum atomic E-state index is -0.263. The average Bonchev–Trinajstić information content (AvgIpc) is 3.03. The Kier molecular flexibility index (Phi) is 3.57. The molecule has 1 unspecified atom stereocenters. The molecule has 3 rings (SSSR count). The van der Waals surface area contributed by atoms with Gasteiger partial charge in [0.2, 0.25) is 5.91 Å². The van der Waals surface area contributed by atoms with Crippen molar-refractivity contribution >= 4 is 17.6 Å². The van der Waals surface area contributed by atoms with Crippen molar-refractivity contribution in [1.82, 2.24) is 5.32 Å². The lowest BCUT2D eigenvalue weighted by molar-refractivity contribution is -0.119. The maximum absolute atomic E-state index is 11.3. The second-order valence-electron chi connectivity index (χ2n) is 6.27. The molecule has 1 atom stereocenters. The number of fused-ring (bicyclic) bond motifs is 1. The molecule has 5 nitrogen and oxygen atoms in total. The molecule has 1 aromatic carbocycles. The summed E-state index contributed by atoms with van der Waals surface area (Å²) in [5.41, 5.74) is 9.52.